The molecule has 0 saturated carbocycles. The van der Waals surface area contributed by atoms with E-state index in [2.05, 4.69) is 66.7 Å². The molecule has 0 spiro atoms. The van der Waals surface area contributed by atoms with Crippen LogP contribution in [-0.2, 0) is 15.6 Å². The molecule has 25 heavy (non-hydrogen) atoms. The first kappa shape index (κ1) is 21.0. The molecule has 1 rings (SSSR count). The molecule has 1 N–H and O–H groups in total. The zero-order chi connectivity index (χ0) is 19.4. The Morgan fingerprint density at radius 2 is 1.40 bits per heavy atom. The highest BCUT2D eigenvalue weighted by molar-refractivity contribution is 5.81. The maximum Gasteiger partial charge on any atom is 0.328 e. The van der Waals surface area contributed by atoms with Crippen LogP contribution in [0.3, 0.4) is 0 Å². The fraction of sp³-hybridized carbons (Fsp3) is 0.435. The standard InChI is InChI=1S/C23H32O2/c1-16(12-21(24)25)10-9-11-17(2)18-13-19(22(3,4)5)15-20(14-18)23(6,7)8/h9-15H,1-8H3,(H,24,25)/b10-9+,16-12+,17-11-. The summed E-state index contributed by atoms with van der Waals surface area (Å²) in [6.07, 6.45) is 6.96. The number of carboxylic acids is 1. The second-order valence-corrected chi connectivity index (χ2v) is 8.73. The quantitative estimate of drug-likeness (QED) is 0.518. The van der Waals surface area contributed by atoms with Gasteiger partial charge in [0.1, 0.15) is 0 Å². The highest BCUT2D eigenvalue weighted by Gasteiger charge is 2.20. The third-order valence-corrected chi connectivity index (χ3v) is 4.18. The van der Waals surface area contributed by atoms with Gasteiger partial charge in [0.05, 0.1) is 0 Å². The monoisotopic (exact) mass is 340 g/mol. The summed E-state index contributed by atoms with van der Waals surface area (Å²) < 4.78 is 0. The topological polar surface area (TPSA) is 37.3 Å². The van der Waals surface area contributed by atoms with E-state index >= 15 is 0 Å². The fourth-order valence-corrected chi connectivity index (χ4v) is 2.40. The molecule has 0 atom stereocenters. The molecule has 0 aromatic heterocycles. The van der Waals surface area contributed by atoms with Gasteiger partial charge in [-0.1, -0.05) is 78.0 Å². The summed E-state index contributed by atoms with van der Waals surface area (Å²) in [5.74, 6) is -0.921. The molecule has 2 heteroatoms. The molecule has 0 saturated heterocycles. The number of hydrogen-bond acceptors (Lipinski definition) is 1. The highest BCUT2D eigenvalue weighted by atomic mass is 16.4. The lowest BCUT2D eigenvalue weighted by atomic mass is 9.79. The normalized spacial score (nSPS) is 14.2. The molecule has 0 aliphatic heterocycles. The van der Waals surface area contributed by atoms with Crippen LogP contribution in [0.2, 0.25) is 0 Å². The minimum atomic E-state index is -0.921. The Labute approximate surface area is 153 Å². The van der Waals surface area contributed by atoms with Gasteiger partial charge >= 0.3 is 5.97 Å². The average Bonchev–Trinajstić information content (AvgIpc) is 2.44. The fourth-order valence-electron chi connectivity index (χ4n) is 2.40. The zero-order valence-corrected chi connectivity index (χ0v) is 16.9. The van der Waals surface area contributed by atoms with E-state index in [1.165, 1.54) is 22.8 Å². The first-order valence-corrected chi connectivity index (χ1v) is 8.73. The van der Waals surface area contributed by atoms with E-state index in [0.29, 0.717) is 0 Å². The van der Waals surface area contributed by atoms with Gasteiger partial charge in [0.25, 0.3) is 0 Å². The van der Waals surface area contributed by atoms with Crippen LogP contribution < -0.4 is 0 Å². The number of carboxylic acid groups (broad SMARTS) is 1. The van der Waals surface area contributed by atoms with Crippen molar-refractivity contribution >= 4 is 11.5 Å². The van der Waals surface area contributed by atoms with E-state index in [4.69, 9.17) is 5.11 Å². The van der Waals surface area contributed by atoms with Crippen LogP contribution in [0.25, 0.3) is 5.57 Å². The Bertz CT molecular complexity index is 685. The van der Waals surface area contributed by atoms with Gasteiger partial charge in [0.2, 0.25) is 0 Å². The summed E-state index contributed by atoms with van der Waals surface area (Å²) in [5.41, 5.74) is 5.93. The summed E-state index contributed by atoms with van der Waals surface area (Å²) in [5, 5.41) is 8.76. The summed E-state index contributed by atoms with van der Waals surface area (Å²) >= 11 is 0. The molecule has 0 fully saturated rings. The molecule has 2 nitrogen and oxygen atoms in total. The first-order valence-electron chi connectivity index (χ1n) is 8.73. The van der Waals surface area contributed by atoms with Crippen LogP contribution in [0.15, 0.2) is 48.1 Å². The summed E-state index contributed by atoms with van der Waals surface area (Å²) in [4.78, 5) is 10.7. The van der Waals surface area contributed by atoms with Gasteiger partial charge in [-0.15, -0.1) is 0 Å². The number of rotatable bonds is 4. The molecule has 0 heterocycles. The van der Waals surface area contributed by atoms with E-state index in [0.717, 1.165) is 11.1 Å². The average molecular weight is 341 g/mol. The van der Waals surface area contributed by atoms with Crippen LogP contribution in [0.5, 0.6) is 0 Å². The van der Waals surface area contributed by atoms with Crippen LogP contribution in [0.4, 0.5) is 0 Å². The third-order valence-electron chi connectivity index (χ3n) is 4.18. The molecular weight excluding hydrogens is 308 g/mol. The van der Waals surface area contributed by atoms with Gasteiger partial charge < -0.3 is 5.11 Å². The van der Waals surface area contributed by atoms with Gasteiger partial charge in [-0.2, -0.15) is 0 Å². The summed E-state index contributed by atoms with van der Waals surface area (Å²) in [6, 6.07) is 6.83. The number of allylic oxidation sites excluding steroid dienone is 5. The van der Waals surface area contributed by atoms with Gasteiger partial charge in [-0.05, 0) is 52.5 Å². The van der Waals surface area contributed by atoms with Crippen LogP contribution in [0, 0.1) is 0 Å². The molecule has 0 aliphatic carbocycles. The lowest BCUT2D eigenvalue weighted by molar-refractivity contribution is -0.131. The smallest absolute Gasteiger partial charge is 0.328 e. The summed E-state index contributed by atoms with van der Waals surface area (Å²) in [7, 11) is 0. The molecule has 0 amide bonds. The second kappa shape index (κ2) is 7.86. The SMILES string of the molecule is C/C(=C/C=C/C(C)=C/C(=O)O)c1cc(C(C)(C)C)cc(C(C)(C)C)c1. The van der Waals surface area contributed by atoms with Crippen molar-refractivity contribution in [1.82, 2.24) is 0 Å². The van der Waals surface area contributed by atoms with Crippen LogP contribution in [-0.4, -0.2) is 11.1 Å². The third kappa shape index (κ3) is 6.74. The van der Waals surface area contributed by atoms with Crippen molar-refractivity contribution in [2.24, 2.45) is 0 Å². The van der Waals surface area contributed by atoms with Gasteiger partial charge in [0.15, 0.2) is 0 Å². The van der Waals surface area contributed by atoms with E-state index < -0.39 is 5.97 Å². The molecule has 1 aromatic carbocycles. The molecule has 0 radical (unpaired) electrons. The first-order chi connectivity index (χ1) is 11.3. The van der Waals surface area contributed by atoms with Crippen molar-refractivity contribution in [2.75, 3.05) is 0 Å². The van der Waals surface area contributed by atoms with E-state index in [1.54, 1.807) is 6.92 Å². The lowest BCUT2D eigenvalue weighted by Gasteiger charge is -2.26. The number of benzene rings is 1. The van der Waals surface area contributed by atoms with E-state index in [9.17, 15) is 4.79 Å². The zero-order valence-electron chi connectivity index (χ0n) is 16.9. The van der Waals surface area contributed by atoms with Crippen molar-refractivity contribution < 1.29 is 9.90 Å². The number of carbonyl (C=O) groups is 1. The maximum absolute atomic E-state index is 10.7. The van der Waals surface area contributed by atoms with Crippen LogP contribution >= 0.6 is 0 Å². The Balaban J connectivity index is 3.29. The molecule has 0 bridgehead atoms. The Morgan fingerprint density at radius 1 is 0.920 bits per heavy atom. The van der Waals surface area contributed by atoms with Crippen molar-refractivity contribution in [1.29, 1.82) is 0 Å². The lowest BCUT2D eigenvalue weighted by Crippen LogP contribution is -2.16. The Kier molecular flexibility index (Phi) is 6.59. The molecule has 1 aromatic rings. The number of hydrogen-bond donors (Lipinski definition) is 1. The van der Waals surface area contributed by atoms with E-state index in [-0.39, 0.29) is 10.8 Å². The van der Waals surface area contributed by atoms with Crippen molar-refractivity contribution in [3.63, 3.8) is 0 Å². The second-order valence-electron chi connectivity index (χ2n) is 8.73. The Morgan fingerprint density at radius 3 is 1.80 bits per heavy atom. The number of aliphatic carboxylic acids is 1. The molecule has 136 valence electrons. The van der Waals surface area contributed by atoms with Crippen LogP contribution in [0.1, 0.15) is 72.1 Å². The molecular formula is C23H32O2. The largest absolute Gasteiger partial charge is 0.478 e. The Hall–Kier alpha value is -2.09. The summed E-state index contributed by atoms with van der Waals surface area (Å²) in [6.45, 7) is 17.3. The van der Waals surface area contributed by atoms with Gasteiger partial charge in [0, 0.05) is 6.08 Å². The molecule has 0 unspecified atom stereocenters. The predicted octanol–water partition coefficient (Wildman–Crippen LogP) is 6.27. The van der Waals surface area contributed by atoms with Crippen molar-refractivity contribution in [3.05, 3.63) is 64.8 Å². The van der Waals surface area contributed by atoms with E-state index in [1.807, 2.05) is 18.2 Å². The van der Waals surface area contributed by atoms with Gasteiger partial charge in [-0.3, -0.25) is 0 Å². The molecule has 0 aliphatic rings. The maximum atomic E-state index is 10.7. The van der Waals surface area contributed by atoms with Gasteiger partial charge in [-0.25, -0.2) is 4.79 Å². The minimum Gasteiger partial charge on any atom is -0.478 e. The van der Waals surface area contributed by atoms with Crippen molar-refractivity contribution in [2.45, 2.75) is 66.2 Å². The minimum absolute atomic E-state index is 0.0902. The van der Waals surface area contributed by atoms with Crippen molar-refractivity contribution in [3.8, 4) is 0 Å². The highest BCUT2D eigenvalue weighted by Crippen LogP contribution is 2.32. The predicted molar refractivity (Wildman–Crippen MR) is 108 cm³/mol.